The van der Waals surface area contributed by atoms with Gasteiger partial charge in [0.25, 0.3) is 0 Å². The summed E-state index contributed by atoms with van der Waals surface area (Å²) in [7, 11) is 0. The molecule has 0 atom stereocenters. The molecule has 0 unspecified atom stereocenters. The van der Waals surface area contributed by atoms with Crippen LogP contribution in [0.1, 0.15) is 18.5 Å². The van der Waals surface area contributed by atoms with Crippen molar-refractivity contribution in [1.29, 1.82) is 0 Å². The SMILES string of the molecule is O=C(NCCc1cc2nc(-c3ccncc3)ccn2n1)C1CCOCC1. The molecule has 134 valence electrons. The normalized spacial score (nSPS) is 15.2. The van der Waals surface area contributed by atoms with Gasteiger partial charge in [0, 0.05) is 62.3 Å². The smallest absolute Gasteiger partial charge is 0.223 e. The first-order chi connectivity index (χ1) is 12.8. The van der Waals surface area contributed by atoms with Crippen molar-refractivity contribution in [1.82, 2.24) is 24.9 Å². The average molecular weight is 351 g/mol. The Hall–Kier alpha value is -2.80. The molecular formula is C19H21N5O2. The topological polar surface area (TPSA) is 81.4 Å². The lowest BCUT2D eigenvalue weighted by Crippen LogP contribution is -2.35. The molecule has 1 N–H and O–H groups in total. The fourth-order valence-electron chi connectivity index (χ4n) is 3.15. The predicted octanol–water partition coefficient (Wildman–Crippen LogP) is 1.88. The van der Waals surface area contributed by atoms with E-state index in [-0.39, 0.29) is 11.8 Å². The Balaban J connectivity index is 1.39. The van der Waals surface area contributed by atoms with Crippen molar-refractivity contribution >= 4 is 11.6 Å². The first kappa shape index (κ1) is 16.7. The van der Waals surface area contributed by atoms with E-state index in [1.165, 1.54) is 0 Å². The van der Waals surface area contributed by atoms with E-state index < -0.39 is 0 Å². The van der Waals surface area contributed by atoms with Crippen molar-refractivity contribution in [2.75, 3.05) is 19.8 Å². The summed E-state index contributed by atoms with van der Waals surface area (Å²) in [6, 6.07) is 7.77. The van der Waals surface area contributed by atoms with Crippen LogP contribution in [0.5, 0.6) is 0 Å². The highest BCUT2D eigenvalue weighted by Gasteiger charge is 2.21. The standard InChI is InChI=1S/C19H21N5O2/c25-19(15-5-11-26-12-6-15)21-9-3-16-13-18-22-17(4-10-24(18)23-16)14-1-7-20-8-2-14/h1-2,4,7-8,10,13,15H,3,5-6,9,11-12H2,(H,21,25). The van der Waals surface area contributed by atoms with Gasteiger partial charge >= 0.3 is 0 Å². The number of amides is 1. The van der Waals surface area contributed by atoms with Crippen LogP contribution in [-0.4, -0.2) is 45.2 Å². The summed E-state index contributed by atoms with van der Waals surface area (Å²) >= 11 is 0. The molecule has 1 aliphatic heterocycles. The van der Waals surface area contributed by atoms with Gasteiger partial charge in [-0.1, -0.05) is 0 Å². The maximum atomic E-state index is 12.2. The lowest BCUT2D eigenvalue weighted by molar-refractivity contribution is -0.127. The van der Waals surface area contributed by atoms with Gasteiger partial charge < -0.3 is 10.1 Å². The van der Waals surface area contributed by atoms with E-state index in [0.29, 0.717) is 26.2 Å². The van der Waals surface area contributed by atoms with Crippen LogP contribution in [0.4, 0.5) is 0 Å². The van der Waals surface area contributed by atoms with Gasteiger partial charge in [0.1, 0.15) is 0 Å². The Morgan fingerprint density at radius 3 is 2.85 bits per heavy atom. The highest BCUT2D eigenvalue weighted by molar-refractivity contribution is 5.78. The molecule has 4 heterocycles. The Morgan fingerprint density at radius 2 is 2.04 bits per heavy atom. The van der Waals surface area contributed by atoms with Crippen molar-refractivity contribution in [3.63, 3.8) is 0 Å². The second-order valence-electron chi connectivity index (χ2n) is 6.41. The minimum absolute atomic E-state index is 0.0782. The monoisotopic (exact) mass is 351 g/mol. The van der Waals surface area contributed by atoms with E-state index in [1.54, 1.807) is 16.9 Å². The van der Waals surface area contributed by atoms with Crippen LogP contribution in [0.3, 0.4) is 0 Å². The van der Waals surface area contributed by atoms with Gasteiger partial charge in [-0.2, -0.15) is 5.10 Å². The van der Waals surface area contributed by atoms with Gasteiger partial charge in [-0.25, -0.2) is 9.50 Å². The largest absolute Gasteiger partial charge is 0.381 e. The Kier molecular flexibility index (Phi) is 4.88. The highest BCUT2D eigenvalue weighted by Crippen LogP contribution is 2.17. The third-order valence-electron chi connectivity index (χ3n) is 4.62. The Labute approximate surface area is 151 Å². The summed E-state index contributed by atoms with van der Waals surface area (Å²) in [5, 5.41) is 7.54. The van der Waals surface area contributed by atoms with Gasteiger partial charge in [-0.15, -0.1) is 0 Å². The zero-order valence-corrected chi connectivity index (χ0v) is 14.5. The van der Waals surface area contributed by atoms with E-state index in [9.17, 15) is 4.79 Å². The number of hydrogen-bond acceptors (Lipinski definition) is 5. The van der Waals surface area contributed by atoms with Gasteiger partial charge in [0.05, 0.1) is 11.4 Å². The second-order valence-corrected chi connectivity index (χ2v) is 6.41. The van der Waals surface area contributed by atoms with Gasteiger partial charge in [0.2, 0.25) is 5.91 Å². The molecule has 7 nitrogen and oxygen atoms in total. The van der Waals surface area contributed by atoms with Gasteiger partial charge in [0.15, 0.2) is 5.65 Å². The first-order valence-corrected chi connectivity index (χ1v) is 8.91. The van der Waals surface area contributed by atoms with E-state index in [0.717, 1.165) is 35.4 Å². The number of ether oxygens (including phenoxy) is 1. The summed E-state index contributed by atoms with van der Waals surface area (Å²) in [4.78, 5) is 20.8. The van der Waals surface area contributed by atoms with Crippen molar-refractivity contribution in [3.05, 3.63) is 48.5 Å². The first-order valence-electron chi connectivity index (χ1n) is 8.91. The Morgan fingerprint density at radius 1 is 1.23 bits per heavy atom. The minimum Gasteiger partial charge on any atom is -0.381 e. The van der Waals surface area contributed by atoms with Crippen LogP contribution >= 0.6 is 0 Å². The average Bonchev–Trinajstić information content (AvgIpc) is 3.11. The van der Waals surface area contributed by atoms with Crippen LogP contribution in [0.25, 0.3) is 16.9 Å². The van der Waals surface area contributed by atoms with Crippen molar-refractivity contribution in [2.24, 2.45) is 5.92 Å². The van der Waals surface area contributed by atoms with Crippen LogP contribution < -0.4 is 5.32 Å². The molecule has 0 aromatic carbocycles. The van der Waals surface area contributed by atoms with E-state index in [4.69, 9.17) is 4.74 Å². The summed E-state index contributed by atoms with van der Waals surface area (Å²) in [5.41, 5.74) is 3.62. The lowest BCUT2D eigenvalue weighted by atomic mass is 9.99. The number of carbonyl (C=O) groups is 1. The molecule has 26 heavy (non-hydrogen) atoms. The third-order valence-corrected chi connectivity index (χ3v) is 4.62. The molecule has 0 bridgehead atoms. The predicted molar refractivity (Wildman–Crippen MR) is 96.5 cm³/mol. The van der Waals surface area contributed by atoms with Crippen LogP contribution in [0.2, 0.25) is 0 Å². The van der Waals surface area contributed by atoms with E-state index >= 15 is 0 Å². The summed E-state index contributed by atoms with van der Waals surface area (Å²) in [6.07, 6.45) is 7.71. The van der Waals surface area contributed by atoms with Crippen LogP contribution in [-0.2, 0) is 16.0 Å². The van der Waals surface area contributed by atoms with Crippen molar-refractivity contribution in [3.8, 4) is 11.3 Å². The second kappa shape index (κ2) is 7.61. The summed E-state index contributed by atoms with van der Waals surface area (Å²) < 4.78 is 7.06. The molecule has 1 amide bonds. The zero-order chi connectivity index (χ0) is 17.8. The van der Waals surface area contributed by atoms with E-state index in [2.05, 4.69) is 20.4 Å². The lowest BCUT2D eigenvalue weighted by Gasteiger charge is -2.21. The highest BCUT2D eigenvalue weighted by atomic mass is 16.5. The molecular weight excluding hydrogens is 330 g/mol. The van der Waals surface area contributed by atoms with Crippen molar-refractivity contribution in [2.45, 2.75) is 19.3 Å². The summed E-state index contributed by atoms with van der Waals surface area (Å²) in [5.74, 6) is 0.199. The maximum Gasteiger partial charge on any atom is 0.223 e. The van der Waals surface area contributed by atoms with Crippen LogP contribution in [0, 0.1) is 5.92 Å². The molecule has 0 saturated carbocycles. The molecule has 1 aliphatic rings. The minimum atomic E-state index is 0.0782. The number of fused-ring (bicyclic) bond motifs is 1. The molecule has 0 radical (unpaired) electrons. The molecule has 1 saturated heterocycles. The summed E-state index contributed by atoms with van der Waals surface area (Å²) in [6.45, 7) is 1.93. The van der Waals surface area contributed by atoms with Gasteiger partial charge in [-0.05, 0) is 31.0 Å². The number of nitrogens with one attached hydrogen (secondary N) is 1. The third kappa shape index (κ3) is 3.72. The number of aromatic nitrogens is 4. The van der Waals surface area contributed by atoms with Gasteiger partial charge in [-0.3, -0.25) is 9.78 Å². The molecule has 3 aromatic heterocycles. The molecule has 7 heteroatoms. The zero-order valence-electron chi connectivity index (χ0n) is 14.5. The Bertz CT molecular complexity index is 887. The maximum absolute atomic E-state index is 12.2. The van der Waals surface area contributed by atoms with Crippen molar-refractivity contribution < 1.29 is 9.53 Å². The molecule has 0 aliphatic carbocycles. The number of pyridine rings is 1. The fourth-order valence-corrected chi connectivity index (χ4v) is 3.15. The fraction of sp³-hybridized carbons (Fsp3) is 0.368. The number of hydrogen-bond donors (Lipinski definition) is 1. The number of nitrogens with zero attached hydrogens (tertiary/aromatic N) is 4. The van der Waals surface area contributed by atoms with E-state index in [1.807, 2.05) is 30.5 Å². The quantitative estimate of drug-likeness (QED) is 0.759. The van der Waals surface area contributed by atoms with Crippen LogP contribution in [0.15, 0.2) is 42.9 Å². The number of rotatable bonds is 5. The molecule has 1 fully saturated rings. The number of carbonyl (C=O) groups excluding carboxylic acids is 1. The molecule has 0 spiro atoms. The molecule has 4 rings (SSSR count). The molecule has 3 aromatic rings.